The van der Waals surface area contributed by atoms with Gasteiger partial charge in [0, 0.05) is 26.5 Å². The third-order valence-electron chi connectivity index (χ3n) is 3.07. The fourth-order valence-corrected chi connectivity index (χ4v) is 3.88. The predicted molar refractivity (Wildman–Crippen MR) is 88.1 cm³/mol. The summed E-state index contributed by atoms with van der Waals surface area (Å²) in [5, 5.41) is 3.53. The lowest BCUT2D eigenvalue weighted by molar-refractivity contribution is 0.788. The van der Waals surface area contributed by atoms with Gasteiger partial charge in [0.05, 0.1) is 6.04 Å². The average molecular weight is 339 g/mol. The highest BCUT2D eigenvalue weighted by atomic mass is 79.9. The van der Waals surface area contributed by atoms with Crippen molar-refractivity contribution in [2.24, 2.45) is 5.73 Å². The number of aryl methyl sites for hydroxylation is 3. The van der Waals surface area contributed by atoms with Gasteiger partial charge in [-0.1, -0.05) is 15.9 Å². The Bertz CT molecular complexity index is 557. The molecule has 0 aliphatic rings. The van der Waals surface area contributed by atoms with Crippen LogP contribution in [0.1, 0.15) is 26.9 Å². The summed E-state index contributed by atoms with van der Waals surface area (Å²) in [7, 11) is 0. The molecule has 102 valence electrons. The monoisotopic (exact) mass is 338 g/mol. The molecule has 2 nitrogen and oxygen atoms in total. The van der Waals surface area contributed by atoms with Gasteiger partial charge >= 0.3 is 0 Å². The van der Waals surface area contributed by atoms with E-state index in [0.29, 0.717) is 6.54 Å². The lowest BCUT2D eigenvalue weighted by Gasteiger charge is -2.19. The van der Waals surface area contributed by atoms with Gasteiger partial charge in [-0.15, -0.1) is 11.3 Å². The van der Waals surface area contributed by atoms with Crippen LogP contribution in [-0.2, 0) is 0 Å². The number of halogens is 1. The van der Waals surface area contributed by atoms with Gasteiger partial charge in [-0.2, -0.15) is 0 Å². The molecule has 2 aromatic rings. The molecule has 19 heavy (non-hydrogen) atoms. The second-order valence-corrected chi connectivity index (χ2v) is 7.19. The van der Waals surface area contributed by atoms with Crippen LogP contribution >= 0.6 is 27.3 Å². The van der Waals surface area contributed by atoms with Crippen LogP contribution in [0.15, 0.2) is 28.7 Å². The first-order chi connectivity index (χ1) is 8.99. The van der Waals surface area contributed by atoms with E-state index >= 15 is 0 Å². The summed E-state index contributed by atoms with van der Waals surface area (Å²) in [5.74, 6) is 0. The van der Waals surface area contributed by atoms with Crippen LogP contribution in [0.3, 0.4) is 0 Å². The van der Waals surface area contributed by atoms with E-state index in [1.54, 1.807) is 0 Å². The SMILES string of the molecule is Cc1cc(Br)cc(NC(CN)c2cc(C)sc2C)c1. The Kier molecular flexibility index (Phi) is 4.66. The van der Waals surface area contributed by atoms with Crippen molar-refractivity contribution >= 4 is 33.0 Å². The molecule has 0 radical (unpaired) electrons. The van der Waals surface area contributed by atoms with Crippen LogP contribution in [0.4, 0.5) is 5.69 Å². The normalized spacial score (nSPS) is 12.5. The summed E-state index contributed by atoms with van der Waals surface area (Å²) in [5.41, 5.74) is 9.58. The van der Waals surface area contributed by atoms with Crippen LogP contribution in [0, 0.1) is 20.8 Å². The zero-order chi connectivity index (χ0) is 14.0. The van der Waals surface area contributed by atoms with Gasteiger partial charge in [-0.25, -0.2) is 0 Å². The number of thiophene rings is 1. The molecule has 0 amide bonds. The zero-order valence-corrected chi connectivity index (χ0v) is 13.9. The number of hydrogen-bond donors (Lipinski definition) is 2. The highest BCUT2D eigenvalue weighted by Crippen LogP contribution is 2.29. The Hall–Kier alpha value is -0.840. The molecule has 1 aromatic carbocycles. The molecular weight excluding hydrogens is 320 g/mol. The molecule has 0 bridgehead atoms. The standard InChI is InChI=1S/C15H19BrN2S/c1-9-4-12(16)7-13(5-9)18-15(8-17)14-6-10(2)19-11(14)3/h4-7,15,18H,8,17H2,1-3H3. The van der Waals surface area contributed by atoms with E-state index in [9.17, 15) is 0 Å². The Morgan fingerprint density at radius 3 is 2.47 bits per heavy atom. The molecule has 0 fully saturated rings. The first kappa shape index (κ1) is 14.6. The van der Waals surface area contributed by atoms with E-state index in [1.165, 1.54) is 20.9 Å². The minimum atomic E-state index is 0.165. The Balaban J connectivity index is 2.26. The molecule has 0 aliphatic heterocycles. The number of nitrogens with two attached hydrogens (primary N) is 1. The average Bonchev–Trinajstić information content (AvgIpc) is 2.64. The number of rotatable bonds is 4. The second-order valence-electron chi connectivity index (χ2n) is 4.82. The summed E-state index contributed by atoms with van der Waals surface area (Å²) < 4.78 is 1.09. The van der Waals surface area contributed by atoms with E-state index in [0.717, 1.165) is 10.2 Å². The fraction of sp³-hybridized carbons (Fsp3) is 0.333. The molecule has 3 N–H and O–H groups in total. The van der Waals surface area contributed by atoms with E-state index in [2.05, 4.69) is 66.3 Å². The minimum Gasteiger partial charge on any atom is -0.377 e. The smallest absolute Gasteiger partial charge is 0.0647 e. The predicted octanol–water partition coefficient (Wildman–Crippen LogP) is 4.55. The van der Waals surface area contributed by atoms with Crippen molar-refractivity contribution in [2.45, 2.75) is 26.8 Å². The Morgan fingerprint density at radius 1 is 1.21 bits per heavy atom. The maximum atomic E-state index is 5.94. The molecule has 1 heterocycles. The molecule has 0 saturated heterocycles. The molecule has 1 atom stereocenters. The Labute approximate surface area is 127 Å². The van der Waals surface area contributed by atoms with Crippen LogP contribution in [0.25, 0.3) is 0 Å². The summed E-state index contributed by atoms with van der Waals surface area (Å²) in [6, 6.07) is 8.73. The topological polar surface area (TPSA) is 38.0 Å². The first-order valence-corrected chi connectivity index (χ1v) is 7.91. The van der Waals surface area contributed by atoms with Crippen molar-refractivity contribution in [1.82, 2.24) is 0 Å². The summed E-state index contributed by atoms with van der Waals surface area (Å²) in [6.07, 6.45) is 0. The van der Waals surface area contributed by atoms with E-state index in [4.69, 9.17) is 5.73 Å². The van der Waals surface area contributed by atoms with Gasteiger partial charge in [-0.3, -0.25) is 0 Å². The largest absolute Gasteiger partial charge is 0.377 e. The third-order valence-corrected chi connectivity index (χ3v) is 4.51. The molecule has 1 unspecified atom stereocenters. The quantitative estimate of drug-likeness (QED) is 0.858. The lowest BCUT2D eigenvalue weighted by atomic mass is 10.1. The summed E-state index contributed by atoms with van der Waals surface area (Å²) in [6.45, 7) is 6.97. The van der Waals surface area contributed by atoms with E-state index < -0.39 is 0 Å². The Morgan fingerprint density at radius 2 is 1.95 bits per heavy atom. The second kappa shape index (κ2) is 6.07. The lowest BCUT2D eigenvalue weighted by Crippen LogP contribution is -2.20. The molecular formula is C15H19BrN2S. The summed E-state index contributed by atoms with van der Waals surface area (Å²) in [4.78, 5) is 2.67. The van der Waals surface area contributed by atoms with E-state index in [-0.39, 0.29) is 6.04 Å². The number of benzene rings is 1. The van der Waals surface area contributed by atoms with E-state index in [1.807, 2.05) is 11.3 Å². The molecule has 0 aliphatic carbocycles. The number of nitrogens with one attached hydrogen (secondary N) is 1. The first-order valence-electron chi connectivity index (χ1n) is 6.30. The van der Waals surface area contributed by atoms with Crippen molar-refractivity contribution in [3.63, 3.8) is 0 Å². The molecule has 1 aromatic heterocycles. The number of hydrogen-bond acceptors (Lipinski definition) is 3. The van der Waals surface area contributed by atoms with Crippen LogP contribution in [0.5, 0.6) is 0 Å². The van der Waals surface area contributed by atoms with Gasteiger partial charge in [-0.05, 0) is 56.2 Å². The van der Waals surface area contributed by atoms with Gasteiger partial charge < -0.3 is 11.1 Å². The molecule has 0 spiro atoms. The van der Waals surface area contributed by atoms with Gasteiger partial charge in [0.15, 0.2) is 0 Å². The van der Waals surface area contributed by atoms with Gasteiger partial charge in [0.1, 0.15) is 0 Å². The van der Waals surface area contributed by atoms with Crippen LogP contribution in [0.2, 0.25) is 0 Å². The maximum Gasteiger partial charge on any atom is 0.0647 e. The van der Waals surface area contributed by atoms with Crippen molar-refractivity contribution in [3.8, 4) is 0 Å². The highest BCUT2D eigenvalue weighted by molar-refractivity contribution is 9.10. The zero-order valence-electron chi connectivity index (χ0n) is 11.5. The fourth-order valence-electron chi connectivity index (χ4n) is 2.28. The summed E-state index contributed by atoms with van der Waals surface area (Å²) >= 11 is 5.36. The highest BCUT2D eigenvalue weighted by Gasteiger charge is 2.14. The van der Waals surface area contributed by atoms with Crippen LogP contribution < -0.4 is 11.1 Å². The molecule has 0 saturated carbocycles. The molecule has 2 rings (SSSR count). The van der Waals surface area contributed by atoms with Crippen molar-refractivity contribution in [1.29, 1.82) is 0 Å². The van der Waals surface area contributed by atoms with Crippen molar-refractivity contribution < 1.29 is 0 Å². The van der Waals surface area contributed by atoms with Crippen molar-refractivity contribution in [2.75, 3.05) is 11.9 Å². The van der Waals surface area contributed by atoms with Crippen molar-refractivity contribution in [3.05, 3.63) is 49.6 Å². The minimum absolute atomic E-state index is 0.165. The number of anilines is 1. The van der Waals surface area contributed by atoms with Crippen LogP contribution in [-0.4, -0.2) is 6.54 Å². The molecule has 4 heteroatoms. The van der Waals surface area contributed by atoms with Gasteiger partial charge in [0.2, 0.25) is 0 Å². The maximum absolute atomic E-state index is 5.94. The third kappa shape index (κ3) is 3.59. The van der Waals surface area contributed by atoms with Gasteiger partial charge in [0.25, 0.3) is 0 Å².